The van der Waals surface area contributed by atoms with Crippen molar-refractivity contribution in [2.24, 2.45) is 10.9 Å². The first-order valence-electron chi connectivity index (χ1n) is 8.08. The van der Waals surface area contributed by atoms with Gasteiger partial charge in [0.1, 0.15) is 5.69 Å². The minimum Gasteiger partial charge on any atom is -0.348 e. The zero-order chi connectivity index (χ0) is 15.5. The largest absolute Gasteiger partial charge is 0.348 e. The number of fused-ring (bicyclic) bond motifs is 1. The fraction of sp³-hybridized carbons (Fsp3) is 0.688. The van der Waals surface area contributed by atoms with Gasteiger partial charge >= 0.3 is 0 Å². The molecule has 5 nitrogen and oxygen atoms in total. The van der Waals surface area contributed by atoms with Gasteiger partial charge in [-0.3, -0.25) is 0 Å². The fourth-order valence-corrected chi connectivity index (χ4v) is 3.65. The van der Waals surface area contributed by atoms with Crippen LogP contribution in [0.4, 0.5) is 5.69 Å². The summed E-state index contributed by atoms with van der Waals surface area (Å²) in [6.07, 6.45) is 6.20. The third-order valence-electron chi connectivity index (χ3n) is 4.38. The lowest BCUT2D eigenvalue weighted by Crippen LogP contribution is -2.33. The molecule has 120 valence electrons. The molecule has 22 heavy (non-hydrogen) atoms. The second-order valence-corrected chi connectivity index (χ2v) is 6.05. The molecule has 2 heterocycles. The highest BCUT2D eigenvalue weighted by Crippen LogP contribution is 2.45. The molecule has 1 unspecified atom stereocenters. The van der Waals surface area contributed by atoms with Crippen LogP contribution in [0.25, 0.3) is 0 Å². The van der Waals surface area contributed by atoms with E-state index in [4.69, 9.17) is 26.1 Å². The van der Waals surface area contributed by atoms with Crippen molar-refractivity contribution in [3.05, 3.63) is 17.2 Å². The van der Waals surface area contributed by atoms with E-state index in [0.717, 1.165) is 17.1 Å². The first-order chi connectivity index (χ1) is 10.7. The highest BCUT2D eigenvalue weighted by molar-refractivity contribution is 6.28. The SMILES string of the molecule is CCOC(OCC)C1=Nc2cnc(Cl)nc2C1C1CCCC1. The average Bonchev–Trinajstić information content (AvgIpc) is 3.13. The number of aliphatic imine (C=N–C) groups is 1. The van der Waals surface area contributed by atoms with Crippen molar-refractivity contribution in [3.8, 4) is 0 Å². The van der Waals surface area contributed by atoms with Gasteiger partial charge < -0.3 is 9.47 Å². The van der Waals surface area contributed by atoms with Gasteiger partial charge in [-0.15, -0.1) is 0 Å². The molecule has 1 aliphatic carbocycles. The lowest BCUT2D eigenvalue weighted by atomic mass is 9.85. The van der Waals surface area contributed by atoms with Crippen molar-refractivity contribution in [1.82, 2.24) is 9.97 Å². The van der Waals surface area contributed by atoms with Crippen molar-refractivity contribution in [3.63, 3.8) is 0 Å². The third kappa shape index (κ3) is 3.03. The van der Waals surface area contributed by atoms with Crippen LogP contribution < -0.4 is 0 Å². The van der Waals surface area contributed by atoms with E-state index in [0.29, 0.717) is 19.1 Å². The van der Waals surface area contributed by atoms with Crippen molar-refractivity contribution >= 4 is 23.0 Å². The zero-order valence-corrected chi connectivity index (χ0v) is 13.8. The van der Waals surface area contributed by atoms with E-state index in [-0.39, 0.29) is 11.2 Å². The number of rotatable bonds is 6. The number of hydrogen-bond donors (Lipinski definition) is 0. The third-order valence-corrected chi connectivity index (χ3v) is 4.56. The van der Waals surface area contributed by atoms with Gasteiger partial charge in [0, 0.05) is 13.2 Å². The van der Waals surface area contributed by atoms with Crippen LogP contribution in [-0.2, 0) is 9.47 Å². The Morgan fingerprint density at radius 3 is 2.55 bits per heavy atom. The van der Waals surface area contributed by atoms with Crippen LogP contribution in [0.2, 0.25) is 5.28 Å². The lowest BCUT2D eigenvalue weighted by molar-refractivity contribution is -0.0918. The Bertz CT molecular complexity index is 552. The van der Waals surface area contributed by atoms with Crippen LogP contribution in [-0.4, -0.2) is 35.2 Å². The van der Waals surface area contributed by atoms with Gasteiger partial charge in [0.05, 0.1) is 23.5 Å². The fourth-order valence-electron chi connectivity index (χ4n) is 3.51. The van der Waals surface area contributed by atoms with Crippen molar-refractivity contribution in [2.75, 3.05) is 13.2 Å². The van der Waals surface area contributed by atoms with E-state index in [1.165, 1.54) is 25.7 Å². The maximum atomic E-state index is 6.01. The topological polar surface area (TPSA) is 56.6 Å². The Morgan fingerprint density at radius 1 is 1.23 bits per heavy atom. The molecule has 2 aliphatic rings. The van der Waals surface area contributed by atoms with E-state index < -0.39 is 6.29 Å². The van der Waals surface area contributed by atoms with Crippen LogP contribution in [0.3, 0.4) is 0 Å². The Balaban J connectivity index is 1.96. The molecule has 1 saturated carbocycles. The molecular formula is C16H22ClN3O2. The van der Waals surface area contributed by atoms with E-state index in [2.05, 4.69) is 9.97 Å². The van der Waals surface area contributed by atoms with Crippen LogP contribution in [0.1, 0.15) is 51.1 Å². The van der Waals surface area contributed by atoms with Crippen molar-refractivity contribution in [1.29, 1.82) is 0 Å². The normalized spacial score (nSPS) is 21.5. The zero-order valence-electron chi connectivity index (χ0n) is 13.1. The van der Waals surface area contributed by atoms with E-state index in [1.54, 1.807) is 6.20 Å². The number of nitrogens with zero attached hydrogens (tertiary/aromatic N) is 3. The molecule has 0 spiro atoms. The van der Waals surface area contributed by atoms with Gasteiger partial charge in [0.25, 0.3) is 0 Å². The molecule has 1 fully saturated rings. The molecule has 0 aromatic carbocycles. The highest BCUT2D eigenvalue weighted by atomic mass is 35.5. The summed E-state index contributed by atoms with van der Waals surface area (Å²) in [6.45, 7) is 5.11. The molecule has 1 atom stereocenters. The van der Waals surface area contributed by atoms with Gasteiger partial charge in [-0.1, -0.05) is 12.8 Å². The first-order valence-corrected chi connectivity index (χ1v) is 8.46. The number of ether oxygens (including phenoxy) is 2. The summed E-state index contributed by atoms with van der Waals surface area (Å²) in [4.78, 5) is 13.3. The quantitative estimate of drug-likeness (QED) is 0.588. The molecule has 0 radical (unpaired) electrons. The summed E-state index contributed by atoms with van der Waals surface area (Å²) in [5.74, 6) is 0.676. The molecule has 1 aliphatic heterocycles. The lowest BCUT2D eigenvalue weighted by Gasteiger charge is -2.26. The smallest absolute Gasteiger partial charge is 0.222 e. The summed E-state index contributed by atoms with van der Waals surface area (Å²) >= 11 is 6.01. The minimum absolute atomic E-state index is 0.140. The van der Waals surface area contributed by atoms with Gasteiger partial charge in [0.15, 0.2) is 6.29 Å². The second-order valence-electron chi connectivity index (χ2n) is 5.71. The molecule has 1 aromatic rings. The van der Waals surface area contributed by atoms with Crippen molar-refractivity contribution in [2.45, 2.75) is 51.7 Å². The Labute approximate surface area is 136 Å². The summed E-state index contributed by atoms with van der Waals surface area (Å²) in [6, 6.07) is 0. The molecule has 1 aromatic heterocycles. The summed E-state index contributed by atoms with van der Waals surface area (Å²) in [7, 11) is 0. The molecule has 0 saturated heterocycles. The van der Waals surface area contributed by atoms with Gasteiger partial charge in [-0.25, -0.2) is 15.0 Å². The number of aromatic nitrogens is 2. The average molecular weight is 324 g/mol. The van der Waals surface area contributed by atoms with E-state index in [9.17, 15) is 0 Å². The van der Waals surface area contributed by atoms with Crippen LogP contribution in [0, 0.1) is 5.92 Å². The maximum Gasteiger partial charge on any atom is 0.222 e. The maximum absolute atomic E-state index is 6.01. The molecule has 0 bridgehead atoms. The molecule has 0 N–H and O–H groups in total. The highest BCUT2D eigenvalue weighted by Gasteiger charge is 2.40. The predicted molar refractivity (Wildman–Crippen MR) is 85.9 cm³/mol. The van der Waals surface area contributed by atoms with E-state index >= 15 is 0 Å². The Morgan fingerprint density at radius 2 is 1.91 bits per heavy atom. The Hall–Kier alpha value is -1.04. The number of hydrogen-bond acceptors (Lipinski definition) is 5. The molecule has 6 heteroatoms. The van der Waals surface area contributed by atoms with Gasteiger partial charge in [-0.05, 0) is 44.2 Å². The van der Waals surface area contributed by atoms with Crippen molar-refractivity contribution < 1.29 is 9.47 Å². The summed E-state index contributed by atoms with van der Waals surface area (Å²) in [5.41, 5.74) is 2.68. The van der Waals surface area contributed by atoms with Crippen LogP contribution >= 0.6 is 11.6 Å². The standard InChI is InChI=1S/C16H22ClN3O2/c1-3-21-15(22-4-2)14-12(10-7-5-6-8-10)13-11(19-14)9-18-16(17)20-13/h9-10,12,15H,3-8H2,1-2H3. The molecular weight excluding hydrogens is 302 g/mol. The van der Waals surface area contributed by atoms with Crippen LogP contribution in [0.15, 0.2) is 11.2 Å². The summed E-state index contributed by atoms with van der Waals surface area (Å²) < 4.78 is 11.6. The number of halogens is 1. The Kier molecular flexibility index (Phi) is 5.06. The van der Waals surface area contributed by atoms with Gasteiger partial charge in [0.2, 0.25) is 5.28 Å². The molecule has 3 rings (SSSR count). The summed E-state index contributed by atoms with van der Waals surface area (Å²) in [5, 5.41) is 0.280. The predicted octanol–water partition coefficient (Wildman–Crippen LogP) is 3.89. The minimum atomic E-state index is -0.409. The van der Waals surface area contributed by atoms with E-state index in [1.807, 2.05) is 13.8 Å². The van der Waals surface area contributed by atoms with Crippen LogP contribution in [0.5, 0.6) is 0 Å². The molecule has 0 amide bonds. The first kappa shape index (κ1) is 15.8. The second kappa shape index (κ2) is 7.02. The monoisotopic (exact) mass is 323 g/mol. The van der Waals surface area contributed by atoms with Gasteiger partial charge in [-0.2, -0.15) is 0 Å².